The third-order valence-corrected chi connectivity index (χ3v) is 2.62. The minimum Gasteiger partial charge on any atom is -0.388 e. The quantitative estimate of drug-likeness (QED) is 0.745. The predicted octanol–water partition coefficient (Wildman–Crippen LogP) is 2.66. The lowest BCUT2D eigenvalue weighted by Crippen LogP contribution is -2.07. The van der Waals surface area contributed by atoms with Gasteiger partial charge in [-0.05, 0) is 23.3 Å². The smallest absolute Gasteiger partial charge is 0.388 e. The molecule has 0 spiro atoms. The Hall–Kier alpha value is -1.07. The van der Waals surface area contributed by atoms with Gasteiger partial charge in [-0.15, -0.1) is 0 Å². The third kappa shape index (κ3) is 2.20. The molecule has 1 N–H and O–H groups in total. The number of halogens is 3. The summed E-state index contributed by atoms with van der Waals surface area (Å²) < 4.78 is 42.5. The van der Waals surface area contributed by atoms with Gasteiger partial charge >= 0.3 is 6.18 Å². The highest BCUT2D eigenvalue weighted by atomic mass is 19.4. The Morgan fingerprint density at radius 1 is 1.31 bits per heavy atom. The maximum absolute atomic E-state index is 12.5. The molecule has 0 bridgehead atoms. The van der Waals surface area contributed by atoms with Gasteiger partial charge in [-0.2, -0.15) is 13.2 Å². The zero-order valence-corrected chi connectivity index (χ0v) is 8.42. The van der Waals surface area contributed by atoms with E-state index in [0.29, 0.717) is 24.2 Å². The van der Waals surface area contributed by atoms with Crippen molar-refractivity contribution >= 4 is 0 Å². The molecular formula is C11H11F3O2. The first kappa shape index (κ1) is 11.4. The van der Waals surface area contributed by atoms with Gasteiger partial charge in [0.1, 0.15) is 0 Å². The predicted molar refractivity (Wildman–Crippen MR) is 50.7 cm³/mol. The number of alkyl halides is 3. The van der Waals surface area contributed by atoms with Gasteiger partial charge in [0.25, 0.3) is 0 Å². The molecule has 1 aromatic carbocycles. The Morgan fingerprint density at radius 2 is 2.06 bits per heavy atom. The van der Waals surface area contributed by atoms with Crippen LogP contribution in [0.5, 0.6) is 0 Å². The van der Waals surface area contributed by atoms with E-state index in [9.17, 15) is 18.3 Å². The number of hydrogen-bond acceptors (Lipinski definition) is 2. The summed E-state index contributed by atoms with van der Waals surface area (Å²) >= 11 is 0. The Bertz CT molecular complexity index is 387. The van der Waals surface area contributed by atoms with E-state index in [2.05, 4.69) is 0 Å². The Balaban J connectivity index is 2.41. The summed E-state index contributed by atoms with van der Waals surface area (Å²) in [6.07, 6.45) is -4.68. The summed E-state index contributed by atoms with van der Waals surface area (Å²) in [5.74, 6) is 0. The first-order valence-electron chi connectivity index (χ1n) is 4.94. The summed E-state index contributed by atoms with van der Waals surface area (Å²) in [5.41, 5.74) is 0.245. The molecule has 0 amide bonds. The van der Waals surface area contributed by atoms with Crippen LogP contribution in [-0.2, 0) is 17.5 Å². The van der Waals surface area contributed by atoms with Gasteiger partial charge in [0.05, 0.1) is 18.3 Å². The highest BCUT2D eigenvalue weighted by molar-refractivity contribution is 5.35. The number of aliphatic hydroxyl groups excluding tert-OH is 1. The van der Waals surface area contributed by atoms with E-state index in [1.807, 2.05) is 0 Å². The highest BCUT2D eigenvalue weighted by Gasteiger charge is 2.31. The largest absolute Gasteiger partial charge is 0.416 e. The molecule has 2 nitrogen and oxygen atoms in total. The van der Waals surface area contributed by atoms with Crippen molar-refractivity contribution in [3.8, 4) is 0 Å². The van der Waals surface area contributed by atoms with Crippen molar-refractivity contribution in [1.29, 1.82) is 0 Å². The molecule has 1 atom stereocenters. The fraction of sp³-hybridized carbons (Fsp3) is 0.455. The van der Waals surface area contributed by atoms with E-state index in [1.165, 1.54) is 6.07 Å². The fourth-order valence-corrected chi connectivity index (χ4v) is 1.76. The summed E-state index contributed by atoms with van der Waals surface area (Å²) in [6, 6.07) is 3.37. The first-order chi connectivity index (χ1) is 7.48. The maximum Gasteiger partial charge on any atom is 0.416 e. The van der Waals surface area contributed by atoms with Gasteiger partial charge in [-0.25, -0.2) is 0 Å². The van der Waals surface area contributed by atoms with Crippen molar-refractivity contribution in [2.45, 2.75) is 25.3 Å². The molecule has 0 fully saturated rings. The number of ether oxygens (including phenoxy) is 1. The monoisotopic (exact) mass is 232 g/mol. The van der Waals surface area contributed by atoms with Crippen molar-refractivity contribution in [1.82, 2.24) is 0 Å². The highest BCUT2D eigenvalue weighted by Crippen LogP contribution is 2.33. The van der Waals surface area contributed by atoms with E-state index in [4.69, 9.17) is 4.74 Å². The normalized spacial score (nSPS) is 21.4. The van der Waals surface area contributed by atoms with Crippen molar-refractivity contribution in [2.24, 2.45) is 0 Å². The van der Waals surface area contributed by atoms with Gasteiger partial charge in [0.15, 0.2) is 0 Å². The molecule has 1 aliphatic heterocycles. The van der Waals surface area contributed by atoms with Crippen LogP contribution in [0.1, 0.15) is 29.2 Å². The van der Waals surface area contributed by atoms with Gasteiger partial charge < -0.3 is 9.84 Å². The minimum atomic E-state index is -4.35. The van der Waals surface area contributed by atoms with E-state index >= 15 is 0 Å². The summed E-state index contributed by atoms with van der Waals surface area (Å²) in [6.45, 7) is 0.480. The van der Waals surface area contributed by atoms with Crippen LogP contribution in [0, 0.1) is 0 Å². The van der Waals surface area contributed by atoms with Crippen LogP contribution in [0.3, 0.4) is 0 Å². The molecule has 88 valence electrons. The van der Waals surface area contributed by atoms with Crippen LogP contribution in [0.2, 0.25) is 0 Å². The molecule has 1 aliphatic rings. The molecule has 0 radical (unpaired) electrons. The van der Waals surface area contributed by atoms with Gasteiger partial charge in [-0.1, -0.05) is 6.07 Å². The van der Waals surface area contributed by atoms with Crippen molar-refractivity contribution in [3.63, 3.8) is 0 Å². The molecule has 0 unspecified atom stereocenters. The fourth-order valence-electron chi connectivity index (χ4n) is 1.76. The van der Waals surface area contributed by atoms with Gasteiger partial charge in [0, 0.05) is 13.0 Å². The molecule has 0 aromatic heterocycles. The molecule has 1 aromatic rings. The van der Waals surface area contributed by atoms with E-state index < -0.39 is 17.8 Å². The second-order valence-electron chi connectivity index (χ2n) is 3.77. The molecule has 2 rings (SSSR count). The molecule has 0 aliphatic carbocycles. The van der Waals surface area contributed by atoms with Crippen LogP contribution in [-0.4, -0.2) is 11.7 Å². The minimum absolute atomic E-state index is 0.121. The Morgan fingerprint density at radius 3 is 2.75 bits per heavy atom. The topological polar surface area (TPSA) is 29.5 Å². The van der Waals surface area contributed by atoms with Crippen LogP contribution >= 0.6 is 0 Å². The molecule has 5 heteroatoms. The first-order valence-corrected chi connectivity index (χ1v) is 4.94. The number of fused-ring (bicyclic) bond motifs is 1. The van der Waals surface area contributed by atoms with Crippen molar-refractivity contribution in [2.75, 3.05) is 6.61 Å². The summed E-state index contributed by atoms with van der Waals surface area (Å²) in [4.78, 5) is 0. The van der Waals surface area contributed by atoms with Gasteiger partial charge in [-0.3, -0.25) is 0 Å². The molecule has 1 heterocycles. The lowest BCUT2D eigenvalue weighted by Gasteiger charge is -2.13. The standard InChI is InChI=1S/C11H11F3O2/c12-11(13,14)8-1-2-9-7(5-8)6-16-4-3-10(9)15/h1-2,5,10,15H,3-4,6H2/t10-/m0/s1. The molecule has 0 saturated heterocycles. The van der Waals surface area contributed by atoms with Crippen LogP contribution in [0.15, 0.2) is 18.2 Å². The zero-order valence-electron chi connectivity index (χ0n) is 8.42. The van der Waals surface area contributed by atoms with Crippen LogP contribution < -0.4 is 0 Å². The lowest BCUT2D eigenvalue weighted by atomic mass is 9.99. The average Bonchev–Trinajstić information content (AvgIpc) is 2.39. The third-order valence-electron chi connectivity index (χ3n) is 2.62. The second kappa shape index (κ2) is 4.07. The SMILES string of the molecule is O[C@H]1CCOCc2cc(C(F)(F)F)ccc21. The zero-order chi connectivity index (χ0) is 11.8. The maximum atomic E-state index is 12.5. The Kier molecular flexibility index (Phi) is 2.90. The molecular weight excluding hydrogens is 221 g/mol. The molecule has 0 saturated carbocycles. The number of hydrogen-bond donors (Lipinski definition) is 1. The van der Waals surface area contributed by atoms with Crippen LogP contribution in [0.4, 0.5) is 13.2 Å². The summed E-state index contributed by atoms with van der Waals surface area (Å²) in [5, 5.41) is 9.67. The lowest BCUT2D eigenvalue weighted by molar-refractivity contribution is -0.137. The second-order valence-corrected chi connectivity index (χ2v) is 3.77. The van der Waals surface area contributed by atoms with Crippen molar-refractivity contribution < 1.29 is 23.0 Å². The van der Waals surface area contributed by atoms with Crippen molar-refractivity contribution in [3.05, 3.63) is 34.9 Å². The number of aliphatic hydroxyl groups is 1. The van der Waals surface area contributed by atoms with Crippen LogP contribution in [0.25, 0.3) is 0 Å². The van der Waals surface area contributed by atoms with E-state index in [0.717, 1.165) is 12.1 Å². The van der Waals surface area contributed by atoms with E-state index in [1.54, 1.807) is 0 Å². The number of rotatable bonds is 0. The average molecular weight is 232 g/mol. The summed E-state index contributed by atoms with van der Waals surface area (Å²) in [7, 11) is 0. The Labute approximate surface area is 90.7 Å². The molecule has 16 heavy (non-hydrogen) atoms. The van der Waals surface area contributed by atoms with Gasteiger partial charge in [0.2, 0.25) is 0 Å². The number of benzene rings is 1. The van der Waals surface area contributed by atoms with E-state index in [-0.39, 0.29) is 6.61 Å².